The first-order valence-electron chi connectivity index (χ1n) is 4.03. The summed E-state index contributed by atoms with van der Waals surface area (Å²) < 4.78 is 1.28. The summed E-state index contributed by atoms with van der Waals surface area (Å²) in [5, 5.41) is 8.53. The van der Waals surface area contributed by atoms with Crippen molar-refractivity contribution in [2.24, 2.45) is 5.73 Å². The predicted molar refractivity (Wildman–Crippen MR) is 47.8 cm³/mol. The minimum atomic E-state index is -1.08. The Kier molecular flexibility index (Phi) is 2.98. The van der Waals surface area contributed by atoms with Crippen molar-refractivity contribution in [3.63, 3.8) is 0 Å². The minimum Gasteiger partial charge on any atom is -0.480 e. The average Bonchev–Trinajstić information content (AvgIpc) is 2.52. The number of hydrogen-bond acceptors (Lipinski definition) is 4. The van der Waals surface area contributed by atoms with Crippen molar-refractivity contribution in [3.05, 3.63) is 18.2 Å². The highest BCUT2D eigenvalue weighted by Crippen LogP contribution is 1.99. The van der Waals surface area contributed by atoms with E-state index in [-0.39, 0.29) is 12.3 Å². The van der Waals surface area contributed by atoms with E-state index in [1.165, 1.54) is 24.0 Å². The molecule has 0 aliphatic carbocycles. The van der Waals surface area contributed by atoms with E-state index in [2.05, 4.69) is 4.98 Å². The third-order valence-electron chi connectivity index (χ3n) is 1.75. The van der Waals surface area contributed by atoms with Crippen LogP contribution in [0.5, 0.6) is 0 Å². The van der Waals surface area contributed by atoms with Crippen LogP contribution in [0.4, 0.5) is 0 Å². The van der Waals surface area contributed by atoms with Crippen molar-refractivity contribution in [1.82, 2.24) is 9.55 Å². The molecule has 0 saturated carbocycles. The molecule has 1 aromatic heterocycles. The molecule has 0 bridgehead atoms. The van der Waals surface area contributed by atoms with Crippen LogP contribution >= 0.6 is 0 Å². The van der Waals surface area contributed by atoms with Gasteiger partial charge >= 0.3 is 5.97 Å². The maximum atomic E-state index is 10.9. The van der Waals surface area contributed by atoms with Crippen molar-refractivity contribution < 1.29 is 14.7 Å². The zero-order valence-electron chi connectivity index (χ0n) is 7.67. The van der Waals surface area contributed by atoms with Gasteiger partial charge in [-0.2, -0.15) is 0 Å². The summed E-state index contributed by atoms with van der Waals surface area (Å²) in [6, 6.07) is -0.981. The second-order valence-corrected chi connectivity index (χ2v) is 2.94. The lowest BCUT2D eigenvalue weighted by Crippen LogP contribution is -2.32. The van der Waals surface area contributed by atoms with Gasteiger partial charge in [0.15, 0.2) is 0 Å². The first-order chi connectivity index (χ1) is 6.50. The highest BCUT2D eigenvalue weighted by atomic mass is 16.4. The number of nitrogens with zero attached hydrogens (tertiary/aromatic N) is 2. The number of carboxylic acid groups (broad SMARTS) is 1. The molecular formula is C8H11N3O3. The molecular weight excluding hydrogens is 186 g/mol. The minimum absolute atomic E-state index is 0.121. The molecule has 1 rings (SSSR count). The molecule has 0 fully saturated rings. The molecule has 3 N–H and O–H groups in total. The molecule has 0 aromatic carbocycles. The maximum Gasteiger partial charge on any atom is 0.320 e. The molecule has 0 saturated heterocycles. The number of rotatable bonds is 3. The van der Waals surface area contributed by atoms with Gasteiger partial charge in [0.05, 0.1) is 5.69 Å². The summed E-state index contributed by atoms with van der Waals surface area (Å²) in [5.74, 6) is -1.25. The molecule has 0 radical (unpaired) electrons. The average molecular weight is 197 g/mol. The summed E-state index contributed by atoms with van der Waals surface area (Å²) in [4.78, 5) is 25.1. The lowest BCUT2D eigenvalue weighted by molar-refractivity contribution is -0.138. The molecule has 6 heteroatoms. The Morgan fingerprint density at radius 1 is 1.71 bits per heavy atom. The van der Waals surface area contributed by atoms with Gasteiger partial charge < -0.3 is 10.8 Å². The second kappa shape index (κ2) is 4.01. The van der Waals surface area contributed by atoms with E-state index in [9.17, 15) is 9.59 Å². The van der Waals surface area contributed by atoms with Crippen molar-refractivity contribution in [2.75, 3.05) is 0 Å². The van der Waals surface area contributed by atoms with Crippen LogP contribution in [0.1, 0.15) is 17.4 Å². The van der Waals surface area contributed by atoms with Crippen LogP contribution in [-0.2, 0) is 11.2 Å². The van der Waals surface area contributed by atoms with Gasteiger partial charge in [0.2, 0.25) is 5.91 Å². The van der Waals surface area contributed by atoms with Gasteiger partial charge in [-0.1, -0.05) is 0 Å². The molecule has 14 heavy (non-hydrogen) atoms. The molecule has 0 amide bonds. The highest BCUT2D eigenvalue weighted by Gasteiger charge is 2.13. The Morgan fingerprint density at radius 3 is 2.79 bits per heavy atom. The summed E-state index contributed by atoms with van der Waals surface area (Å²) in [6.07, 6.45) is 2.94. The Balaban J connectivity index is 2.69. The van der Waals surface area contributed by atoms with Gasteiger partial charge in [-0.3, -0.25) is 14.2 Å². The van der Waals surface area contributed by atoms with Crippen LogP contribution in [0, 0.1) is 0 Å². The number of carboxylic acids is 1. The van der Waals surface area contributed by atoms with Gasteiger partial charge in [-0.05, 0) is 0 Å². The van der Waals surface area contributed by atoms with E-state index < -0.39 is 12.0 Å². The topological polar surface area (TPSA) is 98.2 Å². The van der Waals surface area contributed by atoms with E-state index in [1.54, 1.807) is 0 Å². The highest BCUT2D eigenvalue weighted by molar-refractivity contribution is 5.76. The van der Waals surface area contributed by atoms with Crippen LogP contribution in [0.2, 0.25) is 0 Å². The van der Waals surface area contributed by atoms with Crippen LogP contribution in [-0.4, -0.2) is 32.6 Å². The number of nitrogens with two attached hydrogens (primary N) is 1. The monoisotopic (exact) mass is 197 g/mol. The lowest BCUT2D eigenvalue weighted by Gasteiger charge is -2.01. The molecule has 0 aliphatic rings. The third kappa shape index (κ3) is 2.40. The van der Waals surface area contributed by atoms with Crippen LogP contribution in [0.3, 0.4) is 0 Å². The first-order valence-corrected chi connectivity index (χ1v) is 4.03. The zero-order valence-corrected chi connectivity index (χ0v) is 7.67. The van der Waals surface area contributed by atoms with Gasteiger partial charge in [0.1, 0.15) is 12.4 Å². The standard InChI is InChI=1S/C8H11N3O3/c1-5(12)11-3-6(10-4-11)2-7(9)8(13)14/h3-4,7H,2,9H2,1H3,(H,13,14). The normalized spacial score (nSPS) is 12.4. The number of imidazole rings is 1. The van der Waals surface area contributed by atoms with Gasteiger partial charge in [-0.25, -0.2) is 4.98 Å². The number of hydrogen-bond donors (Lipinski definition) is 2. The molecule has 1 heterocycles. The number of carbonyl (C=O) groups excluding carboxylic acids is 1. The molecule has 0 spiro atoms. The fourth-order valence-corrected chi connectivity index (χ4v) is 0.954. The zero-order chi connectivity index (χ0) is 10.7. The number of aliphatic carboxylic acids is 1. The molecule has 1 unspecified atom stereocenters. The number of carbonyl (C=O) groups is 2. The third-order valence-corrected chi connectivity index (χ3v) is 1.75. The van der Waals surface area contributed by atoms with Crippen LogP contribution in [0.15, 0.2) is 12.5 Å². The first kappa shape index (κ1) is 10.4. The Hall–Kier alpha value is -1.69. The van der Waals surface area contributed by atoms with E-state index >= 15 is 0 Å². The molecule has 1 atom stereocenters. The fraction of sp³-hybridized carbons (Fsp3) is 0.375. The van der Waals surface area contributed by atoms with Gasteiger partial charge in [0.25, 0.3) is 0 Å². The SMILES string of the molecule is CC(=O)n1cnc(CC(N)C(=O)O)c1. The molecule has 6 nitrogen and oxygen atoms in total. The lowest BCUT2D eigenvalue weighted by atomic mass is 10.2. The fourth-order valence-electron chi connectivity index (χ4n) is 0.954. The quantitative estimate of drug-likeness (QED) is 0.680. The Labute approximate surface area is 80.4 Å². The van der Waals surface area contributed by atoms with Crippen LogP contribution < -0.4 is 5.73 Å². The molecule has 0 aliphatic heterocycles. The van der Waals surface area contributed by atoms with E-state index in [0.29, 0.717) is 5.69 Å². The number of aromatic nitrogens is 2. The Bertz CT molecular complexity index is 358. The van der Waals surface area contributed by atoms with Crippen molar-refractivity contribution >= 4 is 11.9 Å². The molecule has 76 valence electrons. The van der Waals surface area contributed by atoms with Gasteiger partial charge in [0, 0.05) is 19.5 Å². The van der Waals surface area contributed by atoms with E-state index in [0.717, 1.165) is 0 Å². The van der Waals surface area contributed by atoms with Crippen molar-refractivity contribution in [2.45, 2.75) is 19.4 Å². The van der Waals surface area contributed by atoms with Crippen molar-refractivity contribution in [1.29, 1.82) is 0 Å². The summed E-state index contributed by atoms with van der Waals surface area (Å²) in [5.41, 5.74) is 5.80. The second-order valence-electron chi connectivity index (χ2n) is 2.94. The van der Waals surface area contributed by atoms with Crippen molar-refractivity contribution in [3.8, 4) is 0 Å². The predicted octanol–water partition coefficient (Wildman–Crippen LogP) is -0.502. The van der Waals surface area contributed by atoms with Crippen LogP contribution in [0.25, 0.3) is 0 Å². The summed E-state index contributed by atoms with van der Waals surface area (Å²) in [6.45, 7) is 1.39. The largest absolute Gasteiger partial charge is 0.480 e. The summed E-state index contributed by atoms with van der Waals surface area (Å²) >= 11 is 0. The Morgan fingerprint density at radius 2 is 2.36 bits per heavy atom. The summed E-state index contributed by atoms with van der Waals surface area (Å²) in [7, 11) is 0. The smallest absolute Gasteiger partial charge is 0.320 e. The van der Waals surface area contributed by atoms with E-state index in [4.69, 9.17) is 10.8 Å². The molecule has 1 aromatic rings. The van der Waals surface area contributed by atoms with E-state index in [1.807, 2.05) is 0 Å². The maximum absolute atomic E-state index is 10.9. The van der Waals surface area contributed by atoms with Gasteiger partial charge in [-0.15, -0.1) is 0 Å².